The first-order chi connectivity index (χ1) is 11.4. The molecule has 1 aliphatic rings. The van der Waals surface area contributed by atoms with Crippen LogP contribution in [-0.2, 0) is 19.0 Å². The molecule has 4 nitrogen and oxygen atoms in total. The topological polar surface area (TPSA) is 50.7 Å². The molecule has 0 aliphatic heterocycles. The van der Waals surface area contributed by atoms with Gasteiger partial charge in [-0.05, 0) is 30.9 Å². The van der Waals surface area contributed by atoms with Crippen molar-refractivity contribution in [3.05, 3.63) is 39.6 Å². The molecule has 0 saturated carbocycles. The summed E-state index contributed by atoms with van der Waals surface area (Å²) in [6.45, 7) is 0. The van der Waals surface area contributed by atoms with Gasteiger partial charge < -0.3 is 5.32 Å². The molecule has 0 unspecified atom stereocenters. The first-order valence-electron chi connectivity index (χ1n) is 7.18. The van der Waals surface area contributed by atoms with Crippen molar-refractivity contribution < 1.29 is 13.2 Å². The van der Waals surface area contributed by atoms with E-state index in [1.165, 1.54) is 16.8 Å². The maximum atomic E-state index is 12.7. The summed E-state index contributed by atoms with van der Waals surface area (Å²) >= 11 is 7.59. The van der Waals surface area contributed by atoms with Gasteiger partial charge in [-0.25, -0.2) is 15.0 Å². The van der Waals surface area contributed by atoms with Crippen molar-refractivity contribution in [1.29, 1.82) is 0 Å². The Balaban J connectivity index is 1.75. The second kappa shape index (κ2) is 5.56. The minimum Gasteiger partial charge on any atom is -0.323 e. The van der Waals surface area contributed by atoms with E-state index < -0.39 is 11.7 Å². The van der Waals surface area contributed by atoms with Crippen molar-refractivity contribution in [2.24, 2.45) is 0 Å². The second-order valence-corrected chi connectivity index (χ2v) is 6.93. The Kier molecular flexibility index (Phi) is 3.61. The zero-order valence-electron chi connectivity index (χ0n) is 12.1. The number of aryl methyl sites for hydroxylation is 2. The molecule has 0 atom stereocenters. The van der Waals surface area contributed by atoms with Crippen LogP contribution in [0.1, 0.15) is 22.4 Å². The third-order valence-electron chi connectivity index (χ3n) is 3.91. The number of pyridine rings is 1. The van der Waals surface area contributed by atoms with Gasteiger partial charge in [-0.3, -0.25) is 0 Å². The molecule has 3 aromatic rings. The number of nitrogens with zero attached hydrogens (tertiary/aromatic N) is 3. The summed E-state index contributed by atoms with van der Waals surface area (Å²) in [6.07, 6.45) is 0.760. The summed E-state index contributed by atoms with van der Waals surface area (Å²) in [5.41, 5.74) is 0.323. The highest BCUT2D eigenvalue weighted by molar-refractivity contribution is 7.19. The molecule has 9 heteroatoms. The predicted octanol–water partition coefficient (Wildman–Crippen LogP) is 4.99. The zero-order valence-corrected chi connectivity index (χ0v) is 13.7. The number of halogens is 4. The van der Waals surface area contributed by atoms with E-state index in [2.05, 4.69) is 20.3 Å². The Morgan fingerprint density at radius 1 is 1.12 bits per heavy atom. The lowest BCUT2D eigenvalue weighted by atomic mass is 10.2. The molecule has 0 aromatic carbocycles. The number of alkyl halides is 3. The maximum Gasteiger partial charge on any atom is 0.417 e. The van der Waals surface area contributed by atoms with Gasteiger partial charge in [0.05, 0.1) is 16.0 Å². The fraction of sp³-hybridized carbons (Fsp3) is 0.267. The van der Waals surface area contributed by atoms with E-state index in [1.807, 2.05) is 0 Å². The van der Waals surface area contributed by atoms with Crippen LogP contribution in [0.2, 0.25) is 5.02 Å². The van der Waals surface area contributed by atoms with Crippen LogP contribution in [-0.4, -0.2) is 15.0 Å². The van der Waals surface area contributed by atoms with Crippen molar-refractivity contribution >= 4 is 44.8 Å². The van der Waals surface area contributed by atoms with Crippen molar-refractivity contribution in [3.8, 4) is 0 Å². The predicted molar refractivity (Wildman–Crippen MR) is 87.0 cm³/mol. The van der Waals surface area contributed by atoms with Crippen molar-refractivity contribution in [2.45, 2.75) is 25.4 Å². The van der Waals surface area contributed by atoms with Crippen molar-refractivity contribution in [1.82, 2.24) is 15.0 Å². The van der Waals surface area contributed by atoms with E-state index in [9.17, 15) is 13.2 Å². The summed E-state index contributed by atoms with van der Waals surface area (Å²) < 4.78 is 38.1. The van der Waals surface area contributed by atoms with Gasteiger partial charge in [0.2, 0.25) is 0 Å². The first-order valence-corrected chi connectivity index (χ1v) is 8.38. The van der Waals surface area contributed by atoms with E-state index in [0.29, 0.717) is 5.82 Å². The number of hydrogen-bond donors (Lipinski definition) is 1. The van der Waals surface area contributed by atoms with Gasteiger partial charge in [0.15, 0.2) is 0 Å². The van der Waals surface area contributed by atoms with Gasteiger partial charge in [0, 0.05) is 11.1 Å². The molecule has 0 amide bonds. The summed E-state index contributed by atoms with van der Waals surface area (Å²) in [6, 6.07) is 0.854. The quantitative estimate of drug-likeness (QED) is 0.690. The first kappa shape index (κ1) is 15.6. The lowest BCUT2D eigenvalue weighted by Gasteiger charge is -2.11. The SMILES string of the molecule is FC(F)(F)c1cnc(Nc2ncnc3sc4c(c23)CCC4)c(Cl)c1. The molecule has 0 spiro atoms. The molecule has 1 aliphatic carbocycles. The third kappa shape index (κ3) is 2.59. The Hall–Kier alpha value is -1.93. The van der Waals surface area contributed by atoms with Crippen LogP contribution in [0.4, 0.5) is 24.8 Å². The van der Waals surface area contributed by atoms with Crippen molar-refractivity contribution in [2.75, 3.05) is 5.32 Å². The molecule has 1 N–H and O–H groups in total. The molecule has 0 bridgehead atoms. The second-order valence-electron chi connectivity index (χ2n) is 5.44. The van der Waals surface area contributed by atoms with Crippen molar-refractivity contribution in [3.63, 3.8) is 0 Å². The number of thiophene rings is 1. The fourth-order valence-electron chi connectivity index (χ4n) is 2.82. The molecular formula is C15H10ClF3N4S. The number of nitrogens with one attached hydrogen (secondary N) is 1. The molecule has 0 fully saturated rings. The third-order valence-corrected chi connectivity index (χ3v) is 5.39. The molecule has 124 valence electrons. The van der Waals surface area contributed by atoms with Crippen LogP contribution in [0.15, 0.2) is 18.6 Å². The summed E-state index contributed by atoms with van der Waals surface area (Å²) in [5, 5.41) is 3.76. The number of rotatable bonds is 2. The van der Waals surface area contributed by atoms with E-state index in [0.717, 1.165) is 41.7 Å². The van der Waals surface area contributed by atoms with Crippen LogP contribution >= 0.6 is 22.9 Å². The lowest BCUT2D eigenvalue weighted by Crippen LogP contribution is -2.07. The van der Waals surface area contributed by atoms with E-state index in [4.69, 9.17) is 11.6 Å². The largest absolute Gasteiger partial charge is 0.417 e. The van der Waals surface area contributed by atoms with Crippen LogP contribution < -0.4 is 5.32 Å². The molecule has 3 aromatic heterocycles. The Morgan fingerprint density at radius 3 is 2.71 bits per heavy atom. The number of hydrogen-bond acceptors (Lipinski definition) is 5. The van der Waals surface area contributed by atoms with Gasteiger partial charge in [-0.15, -0.1) is 11.3 Å². The fourth-order valence-corrected chi connectivity index (χ4v) is 4.26. The van der Waals surface area contributed by atoms with E-state index >= 15 is 0 Å². The molecular weight excluding hydrogens is 361 g/mol. The van der Waals surface area contributed by atoms with Gasteiger partial charge in [0.1, 0.15) is 22.8 Å². The highest BCUT2D eigenvalue weighted by Gasteiger charge is 2.31. The molecule has 0 saturated heterocycles. The normalized spacial score (nSPS) is 14.2. The average Bonchev–Trinajstić information content (AvgIpc) is 3.09. The standard InChI is InChI=1S/C15H10ClF3N4S/c16-9-4-7(15(17,18)19)5-20-12(9)23-13-11-8-2-1-3-10(8)24-14(11)22-6-21-13/h4-6H,1-3H2,(H,20,21,22,23). The maximum absolute atomic E-state index is 12.7. The highest BCUT2D eigenvalue weighted by atomic mass is 35.5. The minimum atomic E-state index is -4.48. The summed E-state index contributed by atoms with van der Waals surface area (Å²) in [5.74, 6) is 0.663. The monoisotopic (exact) mass is 370 g/mol. The van der Waals surface area contributed by atoms with E-state index in [1.54, 1.807) is 11.3 Å². The average molecular weight is 371 g/mol. The molecule has 3 heterocycles. The smallest absolute Gasteiger partial charge is 0.323 e. The number of fused-ring (bicyclic) bond motifs is 3. The van der Waals surface area contributed by atoms with Crippen LogP contribution in [0.5, 0.6) is 0 Å². The molecule has 24 heavy (non-hydrogen) atoms. The Bertz CT molecular complexity index is 938. The summed E-state index contributed by atoms with van der Waals surface area (Å²) in [7, 11) is 0. The number of aromatic nitrogens is 3. The molecule has 4 rings (SSSR count). The minimum absolute atomic E-state index is 0.108. The Labute approximate surface area is 143 Å². The van der Waals surface area contributed by atoms with E-state index in [-0.39, 0.29) is 10.8 Å². The van der Waals surface area contributed by atoms with Gasteiger partial charge >= 0.3 is 6.18 Å². The summed E-state index contributed by atoms with van der Waals surface area (Å²) in [4.78, 5) is 14.5. The lowest BCUT2D eigenvalue weighted by molar-refractivity contribution is -0.137. The zero-order chi connectivity index (χ0) is 16.9. The number of anilines is 2. The van der Waals surface area contributed by atoms with Crippen LogP contribution in [0.3, 0.4) is 0 Å². The van der Waals surface area contributed by atoms with Crippen LogP contribution in [0.25, 0.3) is 10.2 Å². The Morgan fingerprint density at radius 2 is 1.96 bits per heavy atom. The van der Waals surface area contributed by atoms with Gasteiger partial charge in [0.25, 0.3) is 0 Å². The van der Waals surface area contributed by atoms with Crippen LogP contribution in [0, 0.1) is 0 Å². The molecule has 0 radical (unpaired) electrons. The highest BCUT2D eigenvalue weighted by Crippen LogP contribution is 2.40. The van der Waals surface area contributed by atoms with Gasteiger partial charge in [-0.1, -0.05) is 11.6 Å². The van der Waals surface area contributed by atoms with Gasteiger partial charge in [-0.2, -0.15) is 13.2 Å².